The van der Waals surface area contributed by atoms with Gasteiger partial charge in [0.15, 0.2) is 17.4 Å². The Morgan fingerprint density at radius 2 is 1.63 bits per heavy atom. The molecule has 0 fully saturated rings. The second-order valence-electron chi connectivity index (χ2n) is 6.33. The Kier molecular flexibility index (Phi) is 6.31. The van der Waals surface area contributed by atoms with Crippen molar-refractivity contribution < 1.29 is 26.7 Å². The van der Waals surface area contributed by atoms with Crippen LogP contribution in [0.4, 0.5) is 20.2 Å². The molecule has 0 heterocycles. The molecular weight excluding hydrogens is 414 g/mol. The molecule has 1 amide bonds. The maximum absolute atomic E-state index is 13.4. The Morgan fingerprint density at radius 3 is 2.30 bits per heavy atom. The predicted octanol–water partition coefficient (Wildman–Crippen LogP) is 4.16. The number of benzene rings is 3. The molecule has 30 heavy (non-hydrogen) atoms. The second-order valence-corrected chi connectivity index (χ2v) is 8.24. The van der Waals surface area contributed by atoms with Crippen LogP contribution in [0.25, 0.3) is 0 Å². The van der Waals surface area contributed by atoms with Gasteiger partial charge in [-0.15, -0.1) is 0 Å². The number of carbonyl (C=O) groups is 1. The molecule has 3 aromatic rings. The number of sulfonamides is 1. The standard InChI is InChI=1S/C21H18F2N2O4S/c1-30(27,28)25(14-21(26)24-15-11-12-17(22)18(23)13-15)19-9-5-6-10-20(19)29-16-7-3-2-4-8-16/h2-13H,14H2,1H3,(H,24,26). The van der Waals surface area contributed by atoms with Crippen LogP contribution in [0.2, 0.25) is 0 Å². The Hall–Kier alpha value is -3.46. The van der Waals surface area contributed by atoms with Gasteiger partial charge in [-0.2, -0.15) is 0 Å². The molecule has 0 saturated heterocycles. The highest BCUT2D eigenvalue weighted by atomic mass is 32.2. The lowest BCUT2D eigenvalue weighted by Crippen LogP contribution is -2.37. The highest BCUT2D eigenvalue weighted by Gasteiger charge is 2.24. The van der Waals surface area contributed by atoms with Crippen LogP contribution >= 0.6 is 0 Å². The van der Waals surface area contributed by atoms with Crippen molar-refractivity contribution in [1.29, 1.82) is 0 Å². The average molecular weight is 432 g/mol. The van der Waals surface area contributed by atoms with Crippen molar-refractivity contribution >= 4 is 27.3 Å². The molecule has 0 aliphatic heterocycles. The zero-order valence-electron chi connectivity index (χ0n) is 15.9. The fourth-order valence-electron chi connectivity index (χ4n) is 2.65. The van der Waals surface area contributed by atoms with Gasteiger partial charge in [0.1, 0.15) is 12.3 Å². The van der Waals surface area contributed by atoms with Crippen LogP contribution in [0, 0.1) is 11.6 Å². The minimum absolute atomic E-state index is 0.00108. The Labute approximate surface area is 172 Å². The van der Waals surface area contributed by atoms with E-state index in [9.17, 15) is 22.0 Å². The Morgan fingerprint density at radius 1 is 0.967 bits per heavy atom. The number of ether oxygens (including phenoxy) is 1. The number of nitrogens with zero attached hydrogens (tertiary/aromatic N) is 1. The molecule has 3 rings (SSSR count). The molecule has 0 spiro atoms. The largest absolute Gasteiger partial charge is 0.455 e. The summed E-state index contributed by atoms with van der Waals surface area (Å²) in [6.45, 7) is -0.590. The number of hydrogen-bond donors (Lipinski definition) is 1. The number of amides is 1. The molecule has 6 nitrogen and oxygen atoms in total. The van der Waals surface area contributed by atoms with E-state index < -0.39 is 34.1 Å². The van der Waals surface area contributed by atoms with Gasteiger partial charge in [-0.3, -0.25) is 9.10 Å². The Bertz CT molecular complexity index is 1150. The third-order valence-electron chi connectivity index (χ3n) is 4.00. The summed E-state index contributed by atoms with van der Waals surface area (Å²) >= 11 is 0. The molecule has 0 aromatic heterocycles. The van der Waals surface area contributed by atoms with Gasteiger partial charge in [0, 0.05) is 11.8 Å². The van der Waals surface area contributed by atoms with Crippen LogP contribution in [0.5, 0.6) is 11.5 Å². The predicted molar refractivity (Wildman–Crippen MR) is 110 cm³/mol. The molecular formula is C21H18F2N2O4S. The summed E-state index contributed by atoms with van der Waals surface area (Å²) in [5.41, 5.74) is 0.158. The van der Waals surface area contributed by atoms with Crippen LogP contribution in [0.15, 0.2) is 72.8 Å². The first kappa shape index (κ1) is 21.3. The molecule has 0 atom stereocenters. The SMILES string of the molecule is CS(=O)(=O)N(CC(=O)Nc1ccc(F)c(F)c1)c1ccccc1Oc1ccccc1. The second kappa shape index (κ2) is 8.91. The summed E-state index contributed by atoms with van der Waals surface area (Å²) in [6.07, 6.45) is 0.955. The quantitative estimate of drug-likeness (QED) is 0.608. The first-order valence-electron chi connectivity index (χ1n) is 8.78. The maximum atomic E-state index is 13.4. The van der Waals surface area contributed by atoms with Crippen molar-refractivity contribution in [3.63, 3.8) is 0 Å². The molecule has 0 saturated carbocycles. The highest BCUT2D eigenvalue weighted by molar-refractivity contribution is 7.92. The van der Waals surface area contributed by atoms with E-state index in [-0.39, 0.29) is 17.1 Å². The van der Waals surface area contributed by atoms with Crippen LogP contribution < -0.4 is 14.4 Å². The first-order valence-corrected chi connectivity index (χ1v) is 10.6. The van der Waals surface area contributed by atoms with Gasteiger partial charge in [-0.1, -0.05) is 30.3 Å². The van der Waals surface area contributed by atoms with Crippen LogP contribution in [-0.2, 0) is 14.8 Å². The van der Waals surface area contributed by atoms with E-state index in [0.29, 0.717) is 5.75 Å². The number of halogens is 2. The monoisotopic (exact) mass is 432 g/mol. The zero-order valence-corrected chi connectivity index (χ0v) is 16.7. The summed E-state index contributed by atoms with van der Waals surface area (Å²) < 4.78 is 57.9. The lowest BCUT2D eigenvalue weighted by Gasteiger charge is -2.24. The summed E-state index contributed by atoms with van der Waals surface area (Å²) in [5, 5.41) is 2.36. The molecule has 0 aliphatic rings. The minimum Gasteiger partial charge on any atom is -0.455 e. The van der Waals surface area contributed by atoms with E-state index in [2.05, 4.69) is 5.32 Å². The third-order valence-corrected chi connectivity index (χ3v) is 5.12. The third kappa shape index (κ3) is 5.32. The zero-order chi connectivity index (χ0) is 21.7. The summed E-state index contributed by atoms with van der Waals surface area (Å²) in [6, 6.07) is 18.0. The molecule has 3 aromatic carbocycles. The average Bonchev–Trinajstić information content (AvgIpc) is 2.70. The fourth-order valence-corrected chi connectivity index (χ4v) is 3.51. The van der Waals surface area contributed by atoms with Crippen molar-refractivity contribution in [2.75, 3.05) is 22.4 Å². The van der Waals surface area contributed by atoms with E-state index in [1.807, 2.05) is 6.07 Å². The number of anilines is 2. The van der Waals surface area contributed by atoms with Crippen LogP contribution in [0.1, 0.15) is 0 Å². The van der Waals surface area contributed by atoms with Crippen LogP contribution in [-0.4, -0.2) is 27.1 Å². The molecule has 0 bridgehead atoms. The van der Waals surface area contributed by atoms with Crippen molar-refractivity contribution in [2.24, 2.45) is 0 Å². The van der Waals surface area contributed by atoms with Gasteiger partial charge in [0.25, 0.3) is 0 Å². The normalized spacial score (nSPS) is 11.0. The smallest absolute Gasteiger partial charge is 0.245 e. The molecule has 0 radical (unpaired) electrons. The van der Waals surface area contributed by atoms with Gasteiger partial charge in [0.05, 0.1) is 11.9 Å². The van der Waals surface area contributed by atoms with Crippen molar-refractivity contribution in [3.8, 4) is 11.5 Å². The van der Waals surface area contributed by atoms with Gasteiger partial charge in [0.2, 0.25) is 15.9 Å². The van der Waals surface area contributed by atoms with Gasteiger partial charge in [-0.05, 0) is 36.4 Å². The number of nitrogens with one attached hydrogen (secondary N) is 1. The van der Waals surface area contributed by atoms with Crippen molar-refractivity contribution in [1.82, 2.24) is 0 Å². The van der Waals surface area contributed by atoms with E-state index >= 15 is 0 Å². The first-order chi connectivity index (χ1) is 14.2. The van der Waals surface area contributed by atoms with E-state index in [1.165, 1.54) is 12.1 Å². The van der Waals surface area contributed by atoms with Crippen molar-refractivity contribution in [3.05, 3.63) is 84.4 Å². The molecule has 1 N–H and O–H groups in total. The molecule has 156 valence electrons. The van der Waals surface area contributed by atoms with Crippen LogP contribution in [0.3, 0.4) is 0 Å². The lowest BCUT2D eigenvalue weighted by atomic mass is 10.2. The van der Waals surface area contributed by atoms with Gasteiger partial charge >= 0.3 is 0 Å². The van der Waals surface area contributed by atoms with Gasteiger partial charge < -0.3 is 10.1 Å². The van der Waals surface area contributed by atoms with E-state index in [1.54, 1.807) is 42.5 Å². The minimum atomic E-state index is -3.88. The highest BCUT2D eigenvalue weighted by Crippen LogP contribution is 2.33. The lowest BCUT2D eigenvalue weighted by molar-refractivity contribution is -0.114. The maximum Gasteiger partial charge on any atom is 0.245 e. The van der Waals surface area contributed by atoms with E-state index in [0.717, 1.165) is 22.7 Å². The molecule has 0 aliphatic carbocycles. The Balaban J connectivity index is 1.86. The fraction of sp³-hybridized carbons (Fsp3) is 0.0952. The summed E-state index contributed by atoms with van der Waals surface area (Å²) in [7, 11) is -3.88. The number of carbonyl (C=O) groups excluding carboxylic acids is 1. The van der Waals surface area contributed by atoms with Crippen molar-refractivity contribution in [2.45, 2.75) is 0 Å². The van der Waals surface area contributed by atoms with E-state index in [4.69, 9.17) is 4.74 Å². The summed E-state index contributed by atoms with van der Waals surface area (Å²) in [4.78, 5) is 12.4. The number of para-hydroxylation sites is 3. The number of hydrogen-bond acceptors (Lipinski definition) is 4. The topological polar surface area (TPSA) is 75.7 Å². The molecule has 9 heteroatoms. The summed E-state index contributed by atoms with van der Waals surface area (Å²) in [5.74, 6) is -2.20. The molecule has 0 unspecified atom stereocenters. The van der Waals surface area contributed by atoms with Gasteiger partial charge in [-0.25, -0.2) is 17.2 Å². The number of rotatable bonds is 7.